The monoisotopic (exact) mass is 192 g/mol. The molecule has 0 spiro atoms. The summed E-state index contributed by atoms with van der Waals surface area (Å²) in [5.74, 6) is -4.24. The van der Waals surface area contributed by atoms with Gasteiger partial charge in [-0.1, -0.05) is 6.92 Å². The summed E-state index contributed by atoms with van der Waals surface area (Å²) in [5, 5.41) is 15.4. The Morgan fingerprint density at radius 1 is 1.25 bits per heavy atom. The molecular formula is C6H12F4O2. The minimum Gasteiger partial charge on any atom is -0.396 e. The van der Waals surface area contributed by atoms with Crippen LogP contribution in [0.4, 0.5) is 17.6 Å². The Balaban J connectivity index is 0. The van der Waals surface area contributed by atoms with Gasteiger partial charge < -0.3 is 10.2 Å². The van der Waals surface area contributed by atoms with Gasteiger partial charge in [0.1, 0.15) is 6.61 Å². The zero-order chi connectivity index (χ0) is 10.2. The molecule has 0 aliphatic rings. The fourth-order valence-corrected chi connectivity index (χ4v) is 0.0690. The molecule has 0 aromatic carbocycles. The topological polar surface area (TPSA) is 40.5 Å². The largest absolute Gasteiger partial charge is 0.396 e. The molecule has 0 fully saturated rings. The first-order valence-corrected chi connectivity index (χ1v) is 3.30. The third-order valence-electron chi connectivity index (χ3n) is 0.754. The second-order valence-electron chi connectivity index (χ2n) is 1.94. The molecule has 0 aromatic rings. The molecule has 0 heterocycles. The summed E-state index contributed by atoms with van der Waals surface area (Å²) >= 11 is 0. The van der Waals surface area contributed by atoms with Gasteiger partial charge >= 0.3 is 12.3 Å². The van der Waals surface area contributed by atoms with Gasteiger partial charge in [-0.05, 0) is 6.42 Å². The summed E-state index contributed by atoms with van der Waals surface area (Å²) in [5.41, 5.74) is 0. The van der Waals surface area contributed by atoms with E-state index in [1.807, 2.05) is 6.92 Å². The molecule has 6 heteroatoms. The van der Waals surface area contributed by atoms with Gasteiger partial charge in [0, 0.05) is 6.61 Å². The highest BCUT2D eigenvalue weighted by Crippen LogP contribution is 2.20. The molecule has 2 nitrogen and oxygen atoms in total. The van der Waals surface area contributed by atoms with E-state index in [4.69, 9.17) is 10.2 Å². The molecule has 12 heavy (non-hydrogen) atoms. The number of hydrogen-bond acceptors (Lipinski definition) is 2. The fraction of sp³-hybridized carbons (Fsp3) is 1.00. The number of halogens is 4. The Kier molecular flexibility index (Phi) is 8.62. The molecule has 0 unspecified atom stereocenters. The second-order valence-corrected chi connectivity index (χ2v) is 1.94. The van der Waals surface area contributed by atoms with Gasteiger partial charge in [-0.25, -0.2) is 8.78 Å². The highest BCUT2D eigenvalue weighted by molar-refractivity contribution is 4.65. The van der Waals surface area contributed by atoms with Crippen molar-refractivity contribution >= 4 is 0 Å². The first kappa shape index (κ1) is 14.2. The predicted octanol–water partition coefficient (Wildman–Crippen LogP) is 1.27. The van der Waals surface area contributed by atoms with E-state index in [0.717, 1.165) is 6.42 Å². The van der Waals surface area contributed by atoms with Crippen molar-refractivity contribution in [2.75, 3.05) is 13.2 Å². The zero-order valence-corrected chi connectivity index (χ0v) is 6.60. The van der Waals surface area contributed by atoms with E-state index in [-0.39, 0.29) is 0 Å². The summed E-state index contributed by atoms with van der Waals surface area (Å²) < 4.78 is 44.4. The van der Waals surface area contributed by atoms with Crippen LogP contribution in [0, 0.1) is 0 Å². The minimum absolute atomic E-state index is 0.319. The van der Waals surface area contributed by atoms with Crippen molar-refractivity contribution in [1.29, 1.82) is 0 Å². The van der Waals surface area contributed by atoms with Crippen LogP contribution in [0.15, 0.2) is 0 Å². The average molecular weight is 192 g/mol. The first-order valence-electron chi connectivity index (χ1n) is 3.30. The number of hydrogen-bond donors (Lipinski definition) is 2. The smallest absolute Gasteiger partial charge is 0.329 e. The molecule has 2 N–H and O–H groups in total. The molecule has 0 saturated carbocycles. The van der Waals surface area contributed by atoms with E-state index in [1.165, 1.54) is 0 Å². The number of aliphatic hydroxyl groups is 2. The SMILES string of the molecule is CCCO.OCC(F)(F)C(F)F. The molecule has 0 rings (SSSR count). The molecule has 0 atom stereocenters. The van der Waals surface area contributed by atoms with Crippen LogP contribution in [0.1, 0.15) is 13.3 Å². The summed E-state index contributed by atoms with van der Waals surface area (Å²) in [7, 11) is 0. The Hall–Kier alpha value is -0.360. The molecule has 0 amide bonds. The minimum atomic E-state index is -4.24. The van der Waals surface area contributed by atoms with E-state index in [9.17, 15) is 17.6 Å². The fourth-order valence-electron chi connectivity index (χ4n) is 0.0690. The molecule has 0 bridgehead atoms. The highest BCUT2D eigenvalue weighted by atomic mass is 19.3. The molecule has 76 valence electrons. The van der Waals surface area contributed by atoms with Gasteiger partial charge in [0.05, 0.1) is 0 Å². The normalized spacial score (nSPS) is 11.0. The number of alkyl halides is 4. The van der Waals surface area contributed by atoms with Crippen LogP contribution in [0.5, 0.6) is 0 Å². The van der Waals surface area contributed by atoms with Gasteiger partial charge in [0.25, 0.3) is 0 Å². The van der Waals surface area contributed by atoms with Crippen molar-refractivity contribution in [3.8, 4) is 0 Å². The molecule has 0 aromatic heterocycles. The predicted molar refractivity (Wildman–Crippen MR) is 35.4 cm³/mol. The van der Waals surface area contributed by atoms with Crippen LogP contribution in [0.2, 0.25) is 0 Å². The number of rotatable bonds is 3. The molecule has 0 aliphatic carbocycles. The second kappa shape index (κ2) is 7.30. The van der Waals surface area contributed by atoms with Crippen LogP contribution in [0.25, 0.3) is 0 Å². The maximum Gasteiger partial charge on any atom is 0.329 e. The number of aliphatic hydroxyl groups excluding tert-OH is 2. The lowest BCUT2D eigenvalue weighted by molar-refractivity contribution is -0.153. The molecular weight excluding hydrogens is 180 g/mol. The van der Waals surface area contributed by atoms with Gasteiger partial charge in [0.15, 0.2) is 0 Å². The summed E-state index contributed by atoms with van der Waals surface area (Å²) in [6.07, 6.45) is -2.90. The van der Waals surface area contributed by atoms with Crippen molar-refractivity contribution in [2.45, 2.75) is 25.7 Å². The molecule has 0 radical (unpaired) electrons. The van der Waals surface area contributed by atoms with E-state index < -0.39 is 19.0 Å². The van der Waals surface area contributed by atoms with Crippen LogP contribution in [-0.2, 0) is 0 Å². The van der Waals surface area contributed by atoms with Crippen molar-refractivity contribution < 1.29 is 27.8 Å². The lowest BCUT2D eigenvalue weighted by Gasteiger charge is -2.09. The van der Waals surface area contributed by atoms with E-state index in [0.29, 0.717) is 6.61 Å². The van der Waals surface area contributed by atoms with Gasteiger partial charge in [-0.2, -0.15) is 8.78 Å². The maximum atomic E-state index is 11.3. The third kappa shape index (κ3) is 7.74. The van der Waals surface area contributed by atoms with Crippen molar-refractivity contribution in [2.24, 2.45) is 0 Å². The highest BCUT2D eigenvalue weighted by Gasteiger charge is 2.39. The van der Waals surface area contributed by atoms with Gasteiger partial charge in [-0.3, -0.25) is 0 Å². The van der Waals surface area contributed by atoms with Crippen LogP contribution in [0.3, 0.4) is 0 Å². The van der Waals surface area contributed by atoms with Gasteiger partial charge in [-0.15, -0.1) is 0 Å². The molecule has 0 saturated heterocycles. The van der Waals surface area contributed by atoms with Crippen LogP contribution in [-0.4, -0.2) is 35.8 Å². The lowest BCUT2D eigenvalue weighted by atomic mass is 10.4. The summed E-state index contributed by atoms with van der Waals surface area (Å²) in [6, 6.07) is 0. The van der Waals surface area contributed by atoms with Crippen LogP contribution < -0.4 is 0 Å². The average Bonchev–Trinajstić information content (AvgIpc) is 2.05. The lowest BCUT2D eigenvalue weighted by Crippen LogP contribution is -2.30. The quantitative estimate of drug-likeness (QED) is 0.661. The van der Waals surface area contributed by atoms with Crippen molar-refractivity contribution in [1.82, 2.24) is 0 Å². The third-order valence-corrected chi connectivity index (χ3v) is 0.754. The molecule has 0 aliphatic heterocycles. The Bertz CT molecular complexity index is 95.5. The Labute approximate surface area is 67.8 Å². The van der Waals surface area contributed by atoms with E-state index >= 15 is 0 Å². The Morgan fingerprint density at radius 2 is 1.58 bits per heavy atom. The maximum absolute atomic E-state index is 11.3. The van der Waals surface area contributed by atoms with Gasteiger partial charge in [0.2, 0.25) is 0 Å². The van der Waals surface area contributed by atoms with Crippen molar-refractivity contribution in [3.63, 3.8) is 0 Å². The summed E-state index contributed by atoms with van der Waals surface area (Å²) in [6.45, 7) is 0.449. The summed E-state index contributed by atoms with van der Waals surface area (Å²) in [4.78, 5) is 0. The Morgan fingerprint density at radius 3 is 1.58 bits per heavy atom. The van der Waals surface area contributed by atoms with E-state index in [2.05, 4.69) is 0 Å². The first-order chi connectivity index (χ1) is 5.42. The van der Waals surface area contributed by atoms with E-state index in [1.54, 1.807) is 0 Å². The van der Waals surface area contributed by atoms with Crippen LogP contribution >= 0.6 is 0 Å². The van der Waals surface area contributed by atoms with Crippen molar-refractivity contribution in [3.05, 3.63) is 0 Å². The standard InChI is InChI=1S/C3H4F4O.C3H8O/c4-2(5)3(6,7)1-8;1-2-3-4/h2,8H,1H2;4H,2-3H2,1H3. The zero-order valence-electron chi connectivity index (χ0n) is 6.60.